The van der Waals surface area contributed by atoms with Gasteiger partial charge in [0.1, 0.15) is 0 Å². The molecule has 2 rings (SSSR count). The molecule has 0 aliphatic carbocycles. The Morgan fingerprint density at radius 2 is 1.33 bits per heavy atom. The van der Waals surface area contributed by atoms with Crippen molar-refractivity contribution < 1.29 is 24.4 Å². The molecule has 4 unspecified atom stereocenters. The molecule has 0 saturated carbocycles. The van der Waals surface area contributed by atoms with E-state index in [1.807, 2.05) is 0 Å². The Labute approximate surface area is 50.8 Å². The zero-order valence-electron chi connectivity index (χ0n) is 4.43. The van der Waals surface area contributed by atoms with Gasteiger partial charge in [0.05, 0.1) is 0 Å². The molecule has 2 fully saturated rings. The maximum atomic E-state index is 8.50. The van der Waals surface area contributed by atoms with Crippen molar-refractivity contribution in [2.45, 2.75) is 25.2 Å². The molecule has 0 spiro atoms. The minimum atomic E-state index is -0.832. The van der Waals surface area contributed by atoms with E-state index >= 15 is 0 Å². The standard InChI is InChI=1S/C4H6O5/c5-1-3(7-1)9-4-2(6)8-4/h1-6H. The third-order valence-corrected chi connectivity index (χ3v) is 1.13. The molecule has 0 bridgehead atoms. The van der Waals surface area contributed by atoms with E-state index in [1.54, 1.807) is 0 Å². The Hall–Kier alpha value is -0.200. The second-order valence-corrected chi connectivity index (χ2v) is 1.93. The van der Waals surface area contributed by atoms with Gasteiger partial charge in [0.2, 0.25) is 25.2 Å². The van der Waals surface area contributed by atoms with Gasteiger partial charge in [-0.25, -0.2) is 0 Å². The van der Waals surface area contributed by atoms with E-state index in [2.05, 4.69) is 9.47 Å². The predicted molar refractivity (Wildman–Crippen MR) is 22.8 cm³/mol. The number of aliphatic hydroxyl groups is 2. The van der Waals surface area contributed by atoms with Gasteiger partial charge in [0.15, 0.2) is 0 Å². The van der Waals surface area contributed by atoms with Gasteiger partial charge in [-0.2, -0.15) is 0 Å². The molecule has 5 nitrogen and oxygen atoms in total. The van der Waals surface area contributed by atoms with E-state index in [9.17, 15) is 0 Å². The first-order valence-electron chi connectivity index (χ1n) is 2.60. The zero-order chi connectivity index (χ0) is 6.43. The van der Waals surface area contributed by atoms with Gasteiger partial charge >= 0.3 is 0 Å². The van der Waals surface area contributed by atoms with Gasteiger partial charge in [0, 0.05) is 0 Å². The van der Waals surface area contributed by atoms with Crippen molar-refractivity contribution >= 4 is 0 Å². The highest BCUT2D eigenvalue weighted by Gasteiger charge is 2.48. The van der Waals surface area contributed by atoms with Crippen LogP contribution in [0.3, 0.4) is 0 Å². The van der Waals surface area contributed by atoms with E-state index < -0.39 is 25.2 Å². The number of hydrogen-bond acceptors (Lipinski definition) is 5. The van der Waals surface area contributed by atoms with E-state index in [4.69, 9.17) is 14.9 Å². The average Bonchev–Trinajstić information content (AvgIpc) is 2.59. The van der Waals surface area contributed by atoms with Crippen LogP contribution in [0.1, 0.15) is 0 Å². The molecule has 2 aliphatic heterocycles. The summed E-state index contributed by atoms with van der Waals surface area (Å²) in [6.45, 7) is 0. The van der Waals surface area contributed by atoms with Gasteiger partial charge < -0.3 is 24.4 Å². The van der Waals surface area contributed by atoms with Crippen LogP contribution in [0.15, 0.2) is 0 Å². The second kappa shape index (κ2) is 1.65. The summed E-state index contributed by atoms with van der Waals surface area (Å²) in [5.41, 5.74) is 0. The van der Waals surface area contributed by atoms with E-state index in [0.29, 0.717) is 0 Å². The molecule has 0 aromatic carbocycles. The third kappa shape index (κ3) is 1.05. The summed E-state index contributed by atoms with van der Waals surface area (Å²) < 4.78 is 13.7. The van der Waals surface area contributed by atoms with Crippen molar-refractivity contribution in [3.05, 3.63) is 0 Å². The summed E-state index contributed by atoms with van der Waals surface area (Å²) >= 11 is 0. The van der Waals surface area contributed by atoms with Crippen LogP contribution in [0.4, 0.5) is 0 Å². The number of rotatable bonds is 2. The largest absolute Gasteiger partial charge is 0.364 e. The number of ether oxygens (including phenoxy) is 3. The fourth-order valence-corrected chi connectivity index (χ4v) is 0.515. The van der Waals surface area contributed by atoms with E-state index in [0.717, 1.165) is 0 Å². The van der Waals surface area contributed by atoms with Crippen molar-refractivity contribution in [2.75, 3.05) is 0 Å². The topological polar surface area (TPSA) is 74.8 Å². The second-order valence-electron chi connectivity index (χ2n) is 1.93. The quantitative estimate of drug-likeness (QED) is 0.443. The third-order valence-electron chi connectivity index (χ3n) is 1.13. The minimum absolute atomic E-state index is 0.591. The van der Waals surface area contributed by atoms with Crippen LogP contribution >= 0.6 is 0 Å². The lowest BCUT2D eigenvalue weighted by Crippen LogP contribution is -2.04. The predicted octanol–water partition coefficient (Wildman–Crippen LogP) is -1.65. The van der Waals surface area contributed by atoms with Crippen molar-refractivity contribution in [3.63, 3.8) is 0 Å². The lowest BCUT2D eigenvalue weighted by molar-refractivity contribution is -0.0123. The fourth-order valence-electron chi connectivity index (χ4n) is 0.515. The van der Waals surface area contributed by atoms with Gasteiger partial charge in [-0.1, -0.05) is 0 Å². The molecule has 2 aliphatic rings. The monoisotopic (exact) mass is 134 g/mol. The number of hydrogen-bond donors (Lipinski definition) is 2. The van der Waals surface area contributed by atoms with Crippen molar-refractivity contribution in [2.24, 2.45) is 0 Å². The molecule has 0 amide bonds. The van der Waals surface area contributed by atoms with Crippen LogP contribution in [-0.4, -0.2) is 35.4 Å². The van der Waals surface area contributed by atoms with E-state index in [-0.39, 0.29) is 0 Å². The average molecular weight is 134 g/mol. The molecule has 0 aromatic rings. The summed E-state index contributed by atoms with van der Waals surface area (Å²) in [5.74, 6) is 0. The van der Waals surface area contributed by atoms with Crippen LogP contribution in [0.5, 0.6) is 0 Å². The Morgan fingerprint density at radius 1 is 1.00 bits per heavy atom. The van der Waals surface area contributed by atoms with Crippen LogP contribution in [-0.2, 0) is 14.2 Å². The summed E-state index contributed by atoms with van der Waals surface area (Å²) in [7, 11) is 0. The van der Waals surface area contributed by atoms with Crippen LogP contribution in [0.25, 0.3) is 0 Å². The van der Waals surface area contributed by atoms with Gasteiger partial charge in [-0.05, 0) is 0 Å². The smallest absolute Gasteiger partial charge is 0.214 e. The number of epoxide rings is 2. The fraction of sp³-hybridized carbons (Fsp3) is 1.00. The first-order valence-corrected chi connectivity index (χ1v) is 2.60. The summed E-state index contributed by atoms with van der Waals surface area (Å²) in [6, 6.07) is 0. The molecule has 0 radical (unpaired) electrons. The SMILES string of the molecule is OC1OC1OC1OC1O. The molecular weight excluding hydrogens is 128 g/mol. The molecule has 2 saturated heterocycles. The summed E-state index contributed by atoms with van der Waals surface area (Å²) in [5, 5.41) is 17.0. The Bertz CT molecular complexity index is 112. The maximum absolute atomic E-state index is 8.50. The molecule has 5 heteroatoms. The first-order chi connectivity index (χ1) is 4.27. The lowest BCUT2D eigenvalue weighted by Gasteiger charge is -1.87. The zero-order valence-corrected chi connectivity index (χ0v) is 4.43. The van der Waals surface area contributed by atoms with Crippen LogP contribution < -0.4 is 0 Å². The highest BCUT2D eigenvalue weighted by Crippen LogP contribution is 2.29. The molecule has 9 heavy (non-hydrogen) atoms. The highest BCUT2D eigenvalue weighted by atomic mass is 16.9. The Kier molecular flexibility index (Phi) is 1.02. The highest BCUT2D eigenvalue weighted by molar-refractivity contribution is 4.70. The van der Waals surface area contributed by atoms with Crippen molar-refractivity contribution in [1.82, 2.24) is 0 Å². The van der Waals surface area contributed by atoms with Gasteiger partial charge in [-0.15, -0.1) is 0 Å². The van der Waals surface area contributed by atoms with Gasteiger partial charge in [0.25, 0.3) is 0 Å². The van der Waals surface area contributed by atoms with Crippen molar-refractivity contribution in [1.29, 1.82) is 0 Å². The maximum Gasteiger partial charge on any atom is 0.214 e. The molecular formula is C4H6O5. The molecule has 2 heterocycles. The summed E-state index contributed by atoms with van der Waals surface area (Å²) in [4.78, 5) is 0. The molecule has 4 atom stereocenters. The summed E-state index contributed by atoms with van der Waals surface area (Å²) in [6.07, 6.45) is -2.85. The van der Waals surface area contributed by atoms with E-state index in [1.165, 1.54) is 0 Å². The molecule has 0 aromatic heterocycles. The molecule has 52 valence electrons. The van der Waals surface area contributed by atoms with Crippen LogP contribution in [0, 0.1) is 0 Å². The van der Waals surface area contributed by atoms with Gasteiger partial charge in [-0.3, -0.25) is 0 Å². The normalized spacial score (nSPS) is 55.3. The Balaban J connectivity index is 1.69. The number of aliphatic hydroxyl groups excluding tert-OH is 2. The lowest BCUT2D eigenvalue weighted by atomic mass is 10.7. The molecule has 2 N–H and O–H groups in total. The Morgan fingerprint density at radius 3 is 1.56 bits per heavy atom. The van der Waals surface area contributed by atoms with Crippen LogP contribution in [0.2, 0.25) is 0 Å². The van der Waals surface area contributed by atoms with Crippen molar-refractivity contribution in [3.8, 4) is 0 Å². The first kappa shape index (κ1) is 5.57. The minimum Gasteiger partial charge on any atom is -0.364 e.